The normalized spacial score (nSPS) is 12.5. The molecule has 0 aromatic heterocycles. The van der Waals surface area contributed by atoms with E-state index >= 15 is 0 Å². The van der Waals surface area contributed by atoms with Crippen LogP contribution in [0.1, 0.15) is 63.8 Å². The van der Waals surface area contributed by atoms with Gasteiger partial charge < -0.3 is 0 Å². The summed E-state index contributed by atoms with van der Waals surface area (Å²) in [4.78, 5) is 0. The molecule has 0 aliphatic rings. The SMILES string of the molecule is CC(C)(C)c1cccc(Cc2[c]cccc2)c1C(C)(C)C. The maximum absolute atomic E-state index is 3.35. The van der Waals surface area contributed by atoms with Crippen LogP contribution >= 0.6 is 0 Å². The van der Waals surface area contributed by atoms with Crippen molar-refractivity contribution in [1.82, 2.24) is 0 Å². The molecule has 0 fully saturated rings. The minimum absolute atomic E-state index is 0.147. The molecule has 0 amide bonds. The van der Waals surface area contributed by atoms with Crippen molar-refractivity contribution in [1.29, 1.82) is 0 Å². The zero-order valence-electron chi connectivity index (χ0n) is 14.2. The molecule has 0 spiro atoms. The molecule has 0 saturated carbocycles. The lowest BCUT2D eigenvalue weighted by atomic mass is 9.72. The first-order valence-electron chi connectivity index (χ1n) is 7.78. The Bertz CT molecular complexity index is 592. The third-order valence-electron chi connectivity index (χ3n) is 3.86. The van der Waals surface area contributed by atoms with Gasteiger partial charge in [-0.3, -0.25) is 0 Å². The first kappa shape index (κ1) is 15.8. The van der Waals surface area contributed by atoms with Crippen LogP contribution in [0.5, 0.6) is 0 Å². The van der Waals surface area contributed by atoms with Gasteiger partial charge in [-0.05, 0) is 45.6 Å². The van der Waals surface area contributed by atoms with E-state index in [0.717, 1.165) is 6.42 Å². The molecule has 0 N–H and O–H groups in total. The van der Waals surface area contributed by atoms with Crippen LogP contribution in [-0.4, -0.2) is 0 Å². The van der Waals surface area contributed by atoms with Gasteiger partial charge in [0, 0.05) is 0 Å². The highest BCUT2D eigenvalue weighted by molar-refractivity contribution is 5.45. The fourth-order valence-electron chi connectivity index (χ4n) is 3.00. The van der Waals surface area contributed by atoms with Crippen LogP contribution in [0, 0.1) is 6.07 Å². The van der Waals surface area contributed by atoms with Crippen molar-refractivity contribution in [2.75, 3.05) is 0 Å². The predicted octanol–water partition coefficient (Wildman–Crippen LogP) is 5.67. The lowest BCUT2D eigenvalue weighted by Crippen LogP contribution is -2.24. The number of hydrogen-bond donors (Lipinski definition) is 0. The smallest absolute Gasteiger partial charge is 0.00166 e. The molecule has 0 aliphatic carbocycles. The third-order valence-corrected chi connectivity index (χ3v) is 3.86. The molecule has 21 heavy (non-hydrogen) atoms. The average molecular weight is 279 g/mol. The minimum atomic E-state index is 0.147. The van der Waals surface area contributed by atoms with E-state index in [-0.39, 0.29) is 10.8 Å². The Balaban J connectivity index is 2.56. The molecule has 2 aromatic carbocycles. The van der Waals surface area contributed by atoms with E-state index in [1.807, 2.05) is 12.1 Å². The van der Waals surface area contributed by atoms with Crippen molar-refractivity contribution >= 4 is 0 Å². The van der Waals surface area contributed by atoms with Gasteiger partial charge in [-0.2, -0.15) is 0 Å². The Morgan fingerprint density at radius 3 is 2.05 bits per heavy atom. The van der Waals surface area contributed by atoms with Crippen molar-refractivity contribution in [3.8, 4) is 0 Å². The van der Waals surface area contributed by atoms with Gasteiger partial charge >= 0.3 is 0 Å². The van der Waals surface area contributed by atoms with Crippen LogP contribution in [-0.2, 0) is 17.3 Å². The highest BCUT2D eigenvalue weighted by Crippen LogP contribution is 2.36. The first-order chi connectivity index (χ1) is 9.69. The lowest BCUT2D eigenvalue weighted by molar-refractivity contribution is 0.526. The number of benzene rings is 2. The minimum Gasteiger partial charge on any atom is -0.0619 e. The van der Waals surface area contributed by atoms with E-state index in [9.17, 15) is 0 Å². The van der Waals surface area contributed by atoms with Crippen LogP contribution in [0.15, 0.2) is 42.5 Å². The summed E-state index contributed by atoms with van der Waals surface area (Å²) in [6.45, 7) is 13.9. The summed E-state index contributed by atoms with van der Waals surface area (Å²) in [5.41, 5.74) is 5.96. The van der Waals surface area contributed by atoms with Crippen molar-refractivity contribution in [2.24, 2.45) is 0 Å². The Hall–Kier alpha value is -1.56. The van der Waals surface area contributed by atoms with E-state index in [0.29, 0.717) is 0 Å². The quantitative estimate of drug-likeness (QED) is 0.664. The lowest BCUT2D eigenvalue weighted by Gasteiger charge is -2.32. The number of hydrogen-bond acceptors (Lipinski definition) is 0. The summed E-state index contributed by atoms with van der Waals surface area (Å²) >= 11 is 0. The largest absolute Gasteiger partial charge is 0.0619 e. The van der Waals surface area contributed by atoms with Crippen LogP contribution in [0.3, 0.4) is 0 Å². The zero-order chi connectivity index (χ0) is 15.7. The standard InChI is InChI=1S/C21H27/c1-20(2,3)18-14-10-13-17(19(18)21(4,5)6)15-16-11-8-7-9-12-16/h7-11,13-14H,15H2,1-6H3. The third kappa shape index (κ3) is 3.75. The van der Waals surface area contributed by atoms with Gasteiger partial charge in [0.15, 0.2) is 0 Å². The van der Waals surface area contributed by atoms with E-state index in [1.165, 1.54) is 22.3 Å². The van der Waals surface area contributed by atoms with Crippen molar-refractivity contribution < 1.29 is 0 Å². The Labute approximate surface area is 130 Å². The molecule has 0 bridgehead atoms. The van der Waals surface area contributed by atoms with Gasteiger partial charge in [-0.25, -0.2) is 0 Å². The molecule has 2 rings (SSSR count). The Kier molecular flexibility index (Phi) is 4.27. The van der Waals surface area contributed by atoms with Gasteiger partial charge in [-0.1, -0.05) is 84.0 Å². The molecule has 0 nitrogen and oxygen atoms in total. The van der Waals surface area contributed by atoms with Gasteiger partial charge in [-0.15, -0.1) is 0 Å². The summed E-state index contributed by atoms with van der Waals surface area (Å²) in [6.07, 6.45) is 0.956. The molecule has 0 aliphatic heterocycles. The van der Waals surface area contributed by atoms with Crippen LogP contribution in [0.25, 0.3) is 0 Å². The van der Waals surface area contributed by atoms with Crippen LogP contribution < -0.4 is 0 Å². The molecule has 1 radical (unpaired) electrons. The van der Waals surface area contributed by atoms with Crippen molar-refractivity contribution in [2.45, 2.75) is 58.8 Å². The van der Waals surface area contributed by atoms with Crippen LogP contribution in [0.4, 0.5) is 0 Å². The summed E-state index contributed by atoms with van der Waals surface area (Å²) in [5.74, 6) is 0. The topological polar surface area (TPSA) is 0 Å². The monoisotopic (exact) mass is 279 g/mol. The second-order valence-corrected chi connectivity index (χ2v) is 7.90. The maximum Gasteiger partial charge on any atom is -0.00166 e. The molecular formula is C21H27. The van der Waals surface area contributed by atoms with Gasteiger partial charge in [0.1, 0.15) is 0 Å². The van der Waals surface area contributed by atoms with Crippen LogP contribution in [0.2, 0.25) is 0 Å². The summed E-state index contributed by atoms with van der Waals surface area (Å²) in [6, 6.07) is 18.4. The summed E-state index contributed by atoms with van der Waals surface area (Å²) in [5, 5.41) is 0. The molecular weight excluding hydrogens is 252 g/mol. The Morgan fingerprint density at radius 2 is 1.52 bits per heavy atom. The van der Waals surface area contributed by atoms with Gasteiger partial charge in [0.25, 0.3) is 0 Å². The fourth-order valence-corrected chi connectivity index (χ4v) is 3.00. The fraction of sp³-hybridized carbons (Fsp3) is 0.429. The second kappa shape index (κ2) is 5.67. The zero-order valence-corrected chi connectivity index (χ0v) is 14.2. The molecule has 0 saturated heterocycles. The van der Waals surface area contributed by atoms with E-state index in [4.69, 9.17) is 0 Å². The second-order valence-electron chi connectivity index (χ2n) is 7.90. The van der Waals surface area contributed by atoms with Gasteiger partial charge in [0.05, 0.1) is 0 Å². The summed E-state index contributed by atoms with van der Waals surface area (Å²) < 4.78 is 0. The molecule has 111 valence electrons. The van der Waals surface area contributed by atoms with E-state index in [2.05, 4.69) is 77.9 Å². The molecule has 0 heterocycles. The number of rotatable bonds is 2. The predicted molar refractivity (Wildman–Crippen MR) is 91.9 cm³/mol. The van der Waals surface area contributed by atoms with Gasteiger partial charge in [0.2, 0.25) is 0 Å². The van der Waals surface area contributed by atoms with E-state index in [1.54, 1.807) is 0 Å². The molecule has 0 atom stereocenters. The first-order valence-corrected chi connectivity index (χ1v) is 7.78. The molecule has 0 heteroatoms. The molecule has 0 unspecified atom stereocenters. The summed E-state index contributed by atoms with van der Waals surface area (Å²) in [7, 11) is 0. The van der Waals surface area contributed by atoms with Crippen molar-refractivity contribution in [3.63, 3.8) is 0 Å². The molecule has 2 aromatic rings. The average Bonchev–Trinajstić information content (AvgIpc) is 2.37. The van der Waals surface area contributed by atoms with Crippen molar-refractivity contribution in [3.05, 3.63) is 70.8 Å². The highest BCUT2D eigenvalue weighted by Gasteiger charge is 2.27. The van der Waals surface area contributed by atoms with E-state index < -0.39 is 0 Å². The highest BCUT2D eigenvalue weighted by atomic mass is 14.3. The maximum atomic E-state index is 3.35. The Morgan fingerprint density at radius 1 is 0.810 bits per heavy atom.